The Kier molecular flexibility index (Phi) is 4.06. The van der Waals surface area contributed by atoms with Gasteiger partial charge in [-0.05, 0) is 47.5 Å². The topological polar surface area (TPSA) is 52.3 Å². The van der Waals surface area contributed by atoms with Crippen LogP contribution in [0.4, 0.5) is 0 Å². The van der Waals surface area contributed by atoms with Gasteiger partial charge in [-0.1, -0.05) is 30.3 Å². The van der Waals surface area contributed by atoms with Crippen molar-refractivity contribution in [2.24, 2.45) is 0 Å². The van der Waals surface area contributed by atoms with Crippen molar-refractivity contribution < 1.29 is 9.15 Å². The first kappa shape index (κ1) is 15.0. The minimum absolute atomic E-state index is 0.305. The molecule has 0 saturated carbocycles. The third kappa shape index (κ3) is 3.06. The lowest BCUT2D eigenvalue weighted by molar-refractivity contribution is 0.401. The molecule has 0 unspecified atom stereocenters. The van der Waals surface area contributed by atoms with Crippen LogP contribution in [0.5, 0.6) is 11.5 Å². The van der Waals surface area contributed by atoms with Gasteiger partial charge in [0.1, 0.15) is 16.3 Å². The van der Waals surface area contributed by atoms with Crippen LogP contribution < -0.4 is 10.4 Å². The molecule has 0 spiro atoms. The van der Waals surface area contributed by atoms with Gasteiger partial charge in [-0.15, -0.1) is 11.3 Å². The molecule has 0 aliphatic carbocycles. The highest BCUT2D eigenvalue weighted by Crippen LogP contribution is 2.36. The highest BCUT2D eigenvalue weighted by Gasteiger charge is 2.12. The monoisotopic (exact) mass is 353 g/mol. The van der Waals surface area contributed by atoms with Crippen LogP contribution in [-0.2, 0) is 0 Å². The maximum atomic E-state index is 12.0. The Hall–Kier alpha value is -2.57. The van der Waals surface area contributed by atoms with E-state index in [0.29, 0.717) is 21.2 Å². The number of hydrogen-bond donors (Lipinski definition) is 0. The van der Waals surface area contributed by atoms with Gasteiger partial charge in [0.05, 0.1) is 10.3 Å². The highest BCUT2D eigenvalue weighted by molar-refractivity contribution is 7.99. The summed E-state index contributed by atoms with van der Waals surface area (Å²) in [7, 11) is 0. The fourth-order valence-electron chi connectivity index (χ4n) is 2.16. The van der Waals surface area contributed by atoms with Gasteiger partial charge in [0.2, 0.25) is 0 Å². The third-order valence-electron chi connectivity index (χ3n) is 3.25. The number of fused-ring (bicyclic) bond motifs is 1. The minimum Gasteiger partial charge on any atom is -0.456 e. The van der Waals surface area contributed by atoms with Crippen molar-refractivity contribution in [2.45, 2.75) is 10.1 Å². The molecule has 24 heavy (non-hydrogen) atoms. The normalized spacial score (nSPS) is 10.8. The molecule has 2 aromatic carbocycles. The lowest BCUT2D eigenvalue weighted by Gasteiger charge is -2.09. The first-order valence-electron chi connectivity index (χ1n) is 7.18. The van der Waals surface area contributed by atoms with Crippen LogP contribution in [0.1, 0.15) is 0 Å². The molecule has 4 aromatic rings. The molecule has 0 aliphatic heterocycles. The Morgan fingerprint density at radius 1 is 1.00 bits per heavy atom. The Bertz CT molecular complexity index is 1040. The van der Waals surface area contributed by atoms with E-state index in [2.05, 4.69) is 4.98 Å². The van der Waals surface area contributed by atoms with E-state index < -0.39 is 0 Å². The van der Waals surface area contributed by atoms with Crippen molar-refractivity contribution in [1.29, 1.82) is 0 Å². The maximum absolute atomic E-state index is 12.0. The number of para-hydroxylation sites is 2. The van der Waals surface area contributed by atoms with Crippen LogP contribution in [0.2, 0.25) is 0 Å². The molecule has 0 N–H and O–H groups in total. The van der Waals surface area contributed by atoms with Gasteiger partial charge < -0.3 is 9.15 Å². The van der Waals surface area contributed by atoms with E-state index in [9.17, 15) is 4.79 Å². The summed E-state index contributed by atoms with van der Waals surface area (Å²) in [6.07, 6.45) is 0. The zero-order valence-electron chi connectivity index (χ0n) is 12.3. The van der Waals surface area contributed by atoms with Crippen molar-refractivity contribution >= 4 is 33.3 Å². The average Bonchev–Trinajstić information content (AvgIpc) is 3.07. The van der Waals surface area contributed by atoms with E-state index in [1.807, 2.05) is 60.0 Å². The number of ether oxygens (including phenoxy) is 1. The highest BCUT2D eigenvalue weighted by atomic mass is 32.2. The molecular formula is C18H11NO3S2. The number of thiophene rings is 1. The molecular weight excluding hydrogens is 342 g/mol. The minimum atomic E-state index is -0.370. The molecule has 4 rings (SSSR count). The van der Waals surface area contributed by atoms with Crippen molar-refractivity contribution in [1.82, 2.24) is 4.98 Å². The van der Waals surface area contributed by atoms with Crippen molar-refractivity contribution in [2.75, 3.05) is 0 Å². The van der Waals surface area contributed by atoms with E-state index in [-0.39, 0.29) is 5.63 Å². The van der Waals surface area contributed by atoms with Gasteiger partial charge >= 0.3 is 5.63 Å². The molecule has 2 heterocycles. The fraction of sp³-hybridized carbons (Fsp3) is 0. The molecule has 0 fully saturated rings. The summed E-state index contributed by atoms with van der Waals surface area (Å²) in [5, 5.41) is 2.65. The first-order chi connectivity index (χ1) is 11.8. The van der Waals surface area contributed by atoms with Crippen LogP contribution in [-0.4, -0.2) is 4.98 Å². The number of rotatable bonds is 4. The van der Waals surface area contributed by atoms with Crippen molar-refractivity contribution in [3.8, 4) is 11.5 Å². The Labute approximate surface area is 145 Å². The number of hydrogen-bond acceptors (Lipinski definition) is 6. The molecule has 0 radical (unpaired) electrons. The Morgan fingerprint density at radius 3 is 2.67 bits per heavy atom. The fourth-order valence-corrected chi connectivity index (χ4v) is 3.76. The second-order valence-electron chi connectivity index (χ2n) is 4.87. The smallest absolute Gasteiger partial charge is 0.348 e. The average molecular weight is 353 g/mol. The SMILES string of the molecule is O=c1oc(Sc2ccccc2Oc2ccccc2)nc2sccc12. The predicted molar refractivity (Wildman–Crippen MR) is 95.2 cm³/mol. The summed E-state index contributed by atoms with van der Waals surface area (Å²) in [5.41, 5.74) is -0.370. The maximum Gasteiger partial charge on any atom is 0.348 e. The summed E-state index contributed by atoms with van der Waals surface area (Å²) in [6.45, 7) is 0. The molecule has 0 amide bonds. The van der Waals surface area contributed by atoms with E-state index >= 15 is 0 Å². The Morgan fingerprint density at radius 2 is 1.79 bits per heavy atom. The number of benzene rings is 2. The van der Waals surface area contributed by atoms with Crippen LogP contribution in [0, 0.1) is 0 Å². The Balaban J connectivity index is 1.67. The van der Waals surface area contributed by atoms with E-state index in [4.69, 9.17) is 9.15 Å². The molecule has 118 valence electrons. The number of aromatic nitrogens is 1. The quantitative estimate of drug-likeness (QED) is 0.505. The van der Waals surface area contributed by atoms with Crippen LogP contribution in [0.15, 0.2) is 85.4 Å². The molecule has 0 aliphatic rings. The van der Waals surface area contributed by atoms with E-state index in [0.717, 1.165) is 10.6 Å². The van der Waals surface area contributed by atoms with Gasteiger partial charge in [-0.3, -0.25) is 0 Å². The second-order valence-corrected chi connectivity index (χ2v) is 6.76. The van der Waals surface area contributed by atoms with E-state index in [1.54, 1.807) is 6.07 Å². The summed E-state index contributed by atoms with van der Waals surface area (Å²) >= 11 is 2.69. The van der Waals surface area contributed by atoms with Crippen LogP contribution in [0.25, 0.3) is 10.2 Å². The van der Waals surface area contributed by atoms with Crippen LogP contribution >= 0.6 is 23.1 Å². The van der Waals surface area contributed by atoms with Gasteiger partial charge in [-0.25, -0.2) is 4.79 Å². The van der Waals surface area contributed by atoms with Gasteiger partial charge in [-0.2, -0.15) is 4.98 Å². The summed E-state index contributed by atoms with van der Waals surface area (Å²) in [6, 6.07) is 18.8. The zero-order valence-corrected chi connectivity index (χ0v) is 14.0. The third-order valence-corrected chi connectivity index (χ3v) is 4.97. The van der Waals surface area contributed by atoms with Gasteiger partial charge in [0.15, 0.2) is 0 Å². The molecule has 0 bridgehead atoms. The van der Waals surface area contributed by atoms with Crippen molar-refractivity contribution in [3.05, 3.63) is 76.5 Å². The lowest BCUT2D eigenvalue weighted by atomic mass is 10.3. The van der Waals surface area contributed by atoms with Crippen LogP contribution in [0.3, 0.4) is 0 Å². The predicted octanol–water partition coefficient (Wildman–Crippen LogP) is 5.19. The first-order valence-corrected chi connectivity index (χ1v) is 8.87. The standard InChI is InChI=1S/C18H11NO3S2/c20-17-13-10-11-23-16(13)19-18(22-17)24-15-9-5-4-8-14(15)21-12-6-2-1-3-7-12/h1-11H. The molecule has 2 aromatic heterocycles. The molecule has 6 heteroatoms. The molecule has 0 atom stereocenters. The molecule has 0 saturated heterocycles. The summed E-state index contributed by atoms with van der Waals surface area (Å²) in [4.78, 5) is 17.9. The van der Waals surface area contributed by atoms with Gasteiger partial charge in [0.25, 0.3) is 5.22 Å². The second kappa shape index (κ2) is 6.51. The number of nitrogens with zero attached hydrogens (tertiary/aromatic N) is 1. The molecule has 4 nitrogen and oxygen atoms in total. The summed E-state index contributed by atoms with van der Waals surface area (Å²) < 4.78 is 11.2. The summed E-state index contributed by atoms with van der Waals surface area (Å²) in [5.74, 6) is 1.43. The van der Waals surface area contributed by atoms with Gasteiger partial charge in [0, 0.05) is 0 Å². The largest absolute Gasteiger partial charge is 0.456 e. The van der Waals surface area contributed by atoms with E-state index in [1.165, 1.54) is 23.1 Å². The van der Waals surface area contributed by atoms with Crippen molar-refractivity contribution in [3.63, 3.8) is 0 Å². The zero-order chi connectivity index (χ0) is 16.4. The lowest BCUT2D eigenvalue weighted by Crippen LogP contribution is -2.00.